The molecule has 1 unspecified atom stereocenters. The van der Waals surface area contributed by atoms with Gasteiger partial charge in [-0.05, 0) is 94.9 Å². The van der Waals surface area contributed by atoms with Crippen LogP contribution in [0.5, 0.6) is 23.0 Å². The van der Waals surface area contributed by atoms with Crippen molar-refractivity contribution >= 4 is 81.5 Å². The summed E-state index contributed by atoms with van der Waals surface area (Å²) in [6.07, 6.45) is -0.630. The van der Waals surface area contributed by atoms with Crippen molar-refractivity contribution < 1.29 is 20.4 Å². The highest BCUT2D eigenvalue weighted by Gasteiger charge is 2.35. The van der Waals surface area contributed by atoms with Crippen LogP contribution < -0.4 is 9.89 Å². The molecule has 0 amide bonds. The van der Waals surface area contributed by atoms with Gasteiger partial charge >= 0.3 is 0 Å². The Hall–Kier alpha value is -8.53. The Kier molecular flexibility index (Phi) is 8.63. The molecule has 4 N–H and O–H groups in total. The highest BCUT2D eigenvalue weighted by molar-refractivity contribution is 7.17. The molecule has 1 aliphatic heterocycles. The van der Waals surface area contributed by atoms with E-state index >= 15 is 0 Å². The number of fused-ring (bicyclic) bond motifs is 11. The second-order valence-corrected chi connectivity index (χ2v) is 18.8. The van der Waals surface area contributed by atoms with E-state index in [0.717, 1.165) is 92.5 Å². The molecule has 12 aromatic rings. The molecule has 0 saturated carbocycles. The number of aromatic nitrogens is 2. The van der Waals surface area contributed by atoms with Gasteiger partial charge in [0, 0.05) is 44.4 Å². The topological polar surface area (TPSA) is 106 Å². The van der Waals surface area contributed by atoms with E-state index in [1.54, 1.807) is 4.57 Å². The van der Waals surface area contributed by atoms with Crippen molar-refractivity contribution in [2.24, 2.45) is 4.99 Å². The van der Waals surface area contributed by atoms with E-state index in [1.807, 2.05) is 103 Å². The lowest BCUT2D eigenvalue weighted by Crippen LogP contribution is -2.38. The minimum Gasteiger partial charge on any atom is -0.504 e. The zero-order valence-electron chi connectivity index (χ0n) is 37.2. The molecule has 9 aromatic carbocycles. The first kappa shape index (κ1) is 39.8. The molecule has 0 bridgehead atoms. The number of thiophene rings is 1. The fourth-order valence-electron chi connectivity index (χ4n) is 11.1. The zero-order valence-corrected chi connectivity index (χ0v) is 38.0. The molecule has 0 radical (unpaired) electrons. The monoisotopic (exact) mass is 902 g/mol. The van der Waals surface area contributed by atoms with Gasteiger partial charge in [0.05, 0.1) is 43.2 Å². The van der Waals surface area contributed by atoms with Crippen LogP contribution in [0.15, 0.2) is 175 Å². The average molecular weight is 903 g/mol. The van der Waals surface area contributed by atoms with Gasteiger partial charge in [0.15, 0.2) is 23.0 Å². The second kappa shape index (κ2) is 14.7. The number of phenols is 4. The van der Waals surface area contributed by atoms with Gasteiger partial charge in [0.2, 0.25) is 0 Å². The van der Waals surface area contributed by atoms with E-state index < -0.39 is 29.2 Å². The summed E-state index contributed by atoms with van der Waals surface area (Å²) in [6.45, 7) is 4.16. The predicted molar refractivity (Wildman–Crippen MR) is 276 cm³/mol. The van der Waals surface area contributed by atoms with Crippen molar-refractivity contribution in [3.63, 3.8) is 0 Å². The van der Waals surface area contributed by atoms with Crippen LogP contribution in [0.4, 0.5) is 0 Å². The third-order valence-electron chi connectivity index (χ3n) is 14.1. The number of aryl methyl sites for hydroxylation is 2. The summed E-state index contributed by atoms with van der Waals surface area (Å²) in [5, 5.41) is 58.1. The molecule has 13 rings (SSSR count). The smallest absolute Gasteiger partial charge is 0.187 e. The number of phenolic OH excluding ortho intramolecular Hbond substituents is 4. The van der Waals surface area contributed by atoms with Crippen molar-refractivity contribution in [2.45, 2.75) is 20.0 Å². The van der Waals surface area contributed by atoms with E-state index in [2.05, 4.69) is 97.3 Å². The lowest BCUT2D eigenvalue weighted by Gasteiger charge is -2.33. The van der Waals surface area contributed by atoms with Crippen LogP contribution in [-0.2, 0) is 0 Å². The van der Waals surface area contributed by atoms with Crippen LogP contribution in [0, 0.1) is 13.8 Å². The first-order valence-corrected chi connectivity index (χ1v) is 23.4. The van der Waals surface area contributed by atoms with Gasteiger partial charge in [-0.2, -0.15) is 0 Å². The molecular weight excluding hydrogens is 861 g/mol. The molecule has 328 valence electrons. The zero-order chi connectivity index (χ0) is 46.1. The van der Waals surface area contributed by atoms with E-state index in [-0.39, 0.29) is 11.3 Å². The summed E-state index contributed by atoms with van der Waals surface area (Å²) in [6, 6.07) is 57.5. The molecule has 4 heterocycles. The molecule has 1 atom stereocenters. The van der Waals surface area contributed by atoms with Crippen molar-refractivity contribution in [2.75, 3.05) is 7.05 Å². The number of rotatable bonds is 5. The van der Waals surface area contributed by atoms with E-state index in [0.29, 0.717) is 21.1 Å². The maximum absolute atomic E-state index is 12.6. The summed E-state index contributed by atoms with van der Waals surface area (Å²) in [4.78, 5) is 7.36. The number of hydrogen-bond acceptors (Lipinski definition) is 7. The SMILES string of the molecule is Cc1ccccc1-c1c(C)c2c(c3ccccc13)c1ccccc1n2-c1c(O)c(O)c(C2=c3sc4ccccc4c3=NC(c3ccc4c(c3)c3ccccc3n4-c3ccccc3)N2C)c(O)c1O. The molecule has 1 aliphatic rings. The average Bonchev–Trinajstić information content (AvgIpc) is 4.03. The first-order chi connectivity index (χ1) is 33.2. The Morgan fingerprint density at radius 2 is 1.10 bits per heavy atom. The third kappa shape index (κ3) is 5.44. The van der Waals surface area contributed by atoms with Crippen LogP contribution >= 0.6 is 11.3 Å². The summed E-state index contributed by atoms with van der Waals surface area (Å²) < 4.78 is 5.72. The molecule has 0 saturated heterocycles. The van der Waals surface area contributed by atoms with Gasteiger partial charge in [0.1, 0.15) is 11.9 Å². The molecule has 68 heavy (non-hydrogen) atoms. The van der Waals surface area contributed by atoms with Crippen LogP contribution in [-0.4, -0.2) is 41.5 Å². The fraction of sp³-hybridized carbons (Fsp3) is 0.0678. The highest BCUT2D eigenvalue weighted by atomic mass is 32.1. The summed E-state index contributed by atoms with van der Waals surface area (Å²) >= 11 is 1.48. The second-order valence-electron chi connectivity index (χ2n) is 17.8. The molecule has 0 fully saturated rings. The molecular formula is C59H42N4O4S. The number of para-hydroxylation sites is 3. The number of benzene rings is 9. The van der Waals surface area contributed by atoms with Crippen molar-refractivity contribution in [3.05, 3.63) is 202 Å². The molecule has 3 aromatic heterocycles. The van der Waals surface area contributed by atoms with Gasteiger partial charge in [-0.15, -0.1) is 11.3 Å². The summed E-state index contributed by atoms with van der Waals surface area (Å²) in [5.41, 5.74) is 9.79. The fourth-order valence-corrected chi connectivity index (χ4v) is 12.3. The van der Waals surface area contributed by atoms with E-state index in [1.165, 1.54) is 11.3 Å². The van der Waals surface area contributed by atoms with Crippen molar-refractivity contribution in [1.29, 1.82) is 0 Å². The number of hydrogen-bond donors (Lipinski definition) is 4. The van der Waals surface area contributed by atoms with Crippen LogP contribution in [0.1, 0.15) is 28.4 Å². The molecule has 0 aliphatic carbocycles. The lowest BCUT2D eigenvalue weighted by molar-refractivity contribution is 0.339. The summed E-state index contributed by atoms with van der Waals surface area (Å²) in [5.74, 6) is -2.27. The van der Waals surface area contributed by atoms with Crippen LogP contribution in [0.25, 0.3) is 92.7 Å². The third-order valence-corrected chi connectivity index (χ3v) is 15.2. The van der Waals surface area contributed by atoms with Gasteiger partial charge in [-0.25, -0.2) is 0 Å². The Morgan fingerprint density at radius 1 is 0.515 bits per heavy atom. The minimum absolute atomic E-state index is 0.0933. The van der Waals surface area contributed by atoms with Crippen LogP contribution in [0.2, 0.25) is 0 Å². The first-order valence-electron chi connectivity index (χ1n) is 22.6. The summed E-state index contributed by atoms with van der Waals surface area (Å²) in [7, 11) is 1.88. The Balaban J connectivity index is 1.06. The number of aromatic hydroxyl groups is 4. The Morgan fingerprint density at radius 3 is 1.84 bits per heavy atom. The van der Waals surface area contributed by atoms with E-state index in [9.17, 15) is 20.4 Å². The van der Waals surface area contributed by atoms with Gasteiger partial charge in [0.25, 0.3) is 0 Å². The quantitative estimate of drug-likeness (QED) is 0.102. The van der Waals surface area contributed by atoms with Gasteiger partial charge < -0.3 is 34.5 Å². The standard InChI is InChI=1S/C59H42N4O4S/c1-32-17-7-8-20-36(32)47-33(2)51-48(39-23-10-9-22-38(39)47)40-24-12-15-27-44(40)63(51)53-56(66)54(64)49(55(65)57(53)67)52-58-50(41-25-13-16-28-46(41)68-58)60-59(61(52)3)34-29-30-45-42(31-34)37-21-11-14-26-43(37)62(45)35-18-5-4-6-19-35/h4-31,59,64-67H,1-3H3. The maximum atomic E-state index is 12.6. The highest BCUT2D eigenvalue weighted by Crippen LogP contribution is 2.55. The van der Waals surface area contributed by atoms with E-state index in [4.69, 9.17) is 4.99 Å². The minimum atomic E-state index is -0.630. The van der Waals surface area contributed by atoms with Gasteiger partial charge in [-0.1, -0.05) is 127 Å². The molecule has 9 heteroatoms. The lowest BCUT2D eigenvalue weighted by atomic mass is 9.89. The van der Waals surface area contributed by atoms with Gasteiger partial charge in [-0.3, -0.25) is 4.99 Å². The van der Waals surface area contributed by atoms with Crippen LogP contribution in [0.3, 0.4) is 0 Å². The predicted octanol–water partition coefficient (Wildman–Crippen LogP) is 12.8. The molecule has 0 spiro atoms. The maximum Gasteiger partial charge on any atom is 0.187 e. The Bertz CT molecular complexity index is 4230. The normalized spacial score (nSPS) is 14.0. The number of nitrogens with zero attached hydrogens (tertiary/aromatic N) is 4. The largest absolute Gasteiger partial charge is 0.504 e. The van der Waals surface area contributed by atoms with Crippen molar-refractivity contribution in [1.82, 2.24) is 14.0 Å². The molecule has 8 nitrogen and oxygen atoms in total. The van der Waals surface area contributed by atoms with Crippen molar-refractivity contribution in [3.8, 4) is 45.5 Å². The Labute approximate surface area is 393 Å².